The molecule has 1 heterocycles. The summed E-state index contributed by atoms with van der Waals surface area (Å²) in [5, 5.41) is 9.16. The second-order valence-electron chi connectivity index (χ2n) is 6.61. The van der Waals surface area contributed by atoms with Gasteiger partial charge in [0.25, 0.3) is 5.91 Å². The van der Waals surface area contributed by atoms with Crippen molar-refractivity contribution < 1.29 is 19.4 Å². The molecule has 0 bridgehead atoms. The van der Waals surface area contributed by atoms with E-state index in [1.807, 2.05) is 54.6 Å². The number of carbonyl (C=O) groups excluding carboxylic acids is 1. The van der Waals surface area contributed by atoms with Gasteiger partial charge in [-0.05, 0) is 43.0 Å². The minimum Gasteiger partial charge on any atom is -0.481 e. The fourth-order valence-corrected chi connectivity index (χ4v) is 3.25. The lowest BCUT2D eigenvalue weighted by Crippen LogP contribution is -2.47. The predicted octanol–water partition coefficient (Wildman–Crippen LogP) is 3.44. The summed E-state index contributed by atoms with van der Waals surface area (Å²) in [7, 11) is 0. The highest BCUT2D eigenvalue weighted by Gasteiger charge is 2.30. The Labute approximate surface area is 153 Å². The molecular weight excluding hydrogens is 330 g/mol. The molecule has 1 aliphatic rings. The van der Waals surface area contributed by atoms with Crippen LogP contribution >= 0.6 is 0 Å². The highest BCUT2D eigenvalue weighted by atomic mass is 16.5. The van der Waals surface area contributed by atoms with Crippen LogP contribution in [0.25, 0.3) is 11.1 Å². The average molecular weight is 353 g/mol. The second-order valence-corrected chi connectivity index (χ2v) is 6.61. The first-order valence-electron chi connectivity index (χ1n) is 8.88. The van der Waals surface area contributed by atoms with Crippen molar-refractivity contribution in [2.24, 2.45) is 5.92 Å². The van der Waals surface area contributed by atoms with Gasteiger partial charge in [0.1, 0.15) is 5.75 Å². The lowest BCUT2D eigenvalue weighted by molar-refractivity contribution is -0.147. The molecule has 2 aromatic carbocycles. The quantitative estimate of drug-likeness (QED) is 0.894. The second kappa shape index (κ2) is 8.04. The Morgan fingerprint density at radius 2 is 1.73 bits per heavy atom. The number of hydrogen-bond donors (Lipinski definition) is 1. The van der Waals surface area contributed by atoms with Crippen LogP contribution in [0.1, 0.15) is 19.8 Å². The number of aliphatic carboxylic acids is 1. The lowest BCUT2D eigenvalue weighted by atomic mass is 9.98. The highest BCUT2D eigenvalue weighted by Crippen LogP contribution is 2.23. The molecule has 1 fully saturated rings. The standard InChI is InChI=1S/C21H23NO4/c1-15(20(23)22-13-5-8-18(14-22)21(24)25)26-19-11-9-17(10-12-19)16-6-3-2-4-7-16/h2-4,6-7,9-12,15,18H,5,8,13-14H2,1H3,(H,24,25)/t15?,18-/m0/s1. The molecule has 1 unspecified atom stereocenters. The maximum atomic E-state index is 12.6. The van der Waals surface area contributed by atoms with Crippen LogP contribution in [-0.2, 0) is 9.59 Å². The first kappa shape index (κ1) is 18.0. The zero-order valence-electron chi connectivity index (χ0n) is 14.8. The Hall–Kier alpha value is -2.82. The van der Waals surface area contributed by atoms with Crippen LogP contribution in [0.3, 0.4) is 0 Å². The summed E-state index contributed by atoms with van der Waals surface area (Å²) in [6, 6.07) is 17.7. The molecule has 0 spiro atoms. The molecule has 136 valence electrons. The van der Waals surface area contributed by atoms with Crippen LogP contribution in [0.2, 0.25) is 0 Å². The molecule has 2 aromatic rings. The fraction of sp³-hybridized carbons (Fsp3) is 0.333. The molecule has 1 aliphatic heterocycles. The molecule has 0 aliphatic carbocycles. The molecular formula is C21H23NO4. The summed E-state index contributed by atoms with van der Waals surface area (Å²) in [5.41, 5.74) is 2.20. The third-order valence-corrected chi connectivity index (χ3v) is 4.70. The molecule has 5 nitrogen and oxygen atoms in total. The lowest BCUT2D eigenvalue weighted by Gasteiger charge is -2.32. The van der Waals surface area contributed by atoms with Crippen LogP contribution in [0.15, 0.2) is 54.6 Å². The monoisotopic (exact) mass is 353 g/mol. The highest BCUT2D eigenvalue weighted by molar-refractivity contribution is 5.82. The van der Waals surface area contributed by atoms with Gasteiger partial charge in [-0.3, -0.25) is 9.59 Å². The molecule has 0 radical (unpaired) electrons. The van der Waals surface area contributed by atoms with Gasteiger partial charge in [0.05, 0.1) is 5.92 Å². The number of ether oxygens (including phenoxy) is 1. The van der Waals surface area contributed by atoms with E-state index in [1.165, 1.54) is 0 Å². The fourth-order valence-electron chi connectivity index (χ4n) is 3.25. The van der Waals surface area contributed by atoms with Crippen molar-refractivity contribution in [1.29, 1.82) is 0 Å². The molecule has 3 rings (SSSR count). The number of nitrogens with zero attached hydrogens (tertiary/aromatic N) is 1. The zero-order valence-corrected chi connectivity index (χ0v) is 14.8. The van der Waals surface area contributed by atoms with Crippen LogP contribution < -0.4 is 4.74 Å². The maximum Gasteiger partial charge on any atom is 0.308 e. The van der Waals surface area contributed by atoms with E-state index >= 15 is 0 Å². The van der Waals surface area contributed by atoms with Gasteiger partial charge in [-0.25, -0.2) is 0 Å². The predicted molar refractivity (Wildman–Crippen MR) is 98.9 cm³/mol. The molecule has 2 atom stereocenters. The number of carbonyl (C=O) groups is 2. The van der Waals surface area contributed by atoms with Crippen LogP contribution in [0, 0.1) is 5.92 Å². The normalized spacial score (nSPS) is 18.2. The summed E-state index contributed by atoms with van der Waals surface area (Å²) in [6.45, 7) is 2.55. The van der Waals surface area contributed by atoms with E-state index in [0.29, 0.717) is 25.1 Å². The maximum absolute atomic E-state index is 12.6. The minimum absolute atomic E-state index is 0.164. The molecule has 1 saturated heterocycles. The Morgan fingerprint density at radius 1 is 1.08 bits per heavy atom. The van der Waals surface area contributed by atoms with Gasteiger partial charge >= 0.3 is 5.97 Å². The van der Waals surface area contributed by atoms with Crippen molar-refractivity contribution in [1.82, 2.24) is 4.90 Å². The Morgan fingerprint density at radius 3 is 2.38 bits per heavy atom. The van der Waals surface area contributed by atoms with Crippen LogP contribution in [0.5, 0.6) is 5.75 Å². The van der Waals surface area contributed by atoms with E-state index in [0.717, 1.165) is 11.1 Å². The Balaban J connectivity index is 1.61. The molecule has 0 aromatic heterocycles. The largest absolute Gasteiger partial charge is 0.481 e. The number of amides is 1. The van der Waals surface area contributed by atoms with Crippen molar-refractivity contribution in [2.75, 3.05) is 13.1 Å². The Kier molecular flexibility index (Phi) is 5.56. The molecule has 1 N–H and O–H groups in total. The molecule has 0 saturated carbocycles. The van der Waals surface area contributed by atoms with Gasteiger partial charge < -0.3 is 14.7 Å². The van der Waals surface area contributed by atoms with Crippen molar-refractivity contribution in [2.45, 2.75) is 25.9 Å². The van der Waals surface area contributed by atoms with Crippen molar-refractivity contribution >= 4 is 11.9 Å². The van der Waals surface area contributed by atoms with Gasteiger partial charge in [-0.2, -0.15) is 0 Å². The van der Waals surface area contributed by atoms with Crippen molar-refractivity contribution in [3.8, 4) is 16.9 Å². The average Bonchev–Trinajstić information content (AvgIpc) is 2.68. The smallest absolute Gasteiger partial charge is 0.308 e. The summed E-state index contributed by atoms with van der Waals surface area (Å²) < 4.78 is 5.78. The van der Waals surface area contributed by atoms with Gasteiger partial charge in [-0.1, -0.05) is 42.5 Å². The van der Waals surface area contributed by atoms with E-state index in [1.54, 1.807) is 11.8 Å². The van der Waals surface area contributed by atoms with Gasteiger partial charge in [0, 0.05) is 13.1 Å². The topological polar surface area (TPSA) is 66.8 Å². The summed E-state index contributed by atoms with van der Waals surface area (Å²) in [6.07, 6.45) is 0.682. The number of benzene rings is 2. The summed E-state index contributed by atoms with van der Waals surface area (Å²) >= 11 is 0. The summed E-state index contributed by atoms with van der Waals surface area (Å²) in [5.74, 6) is -0.863. The zero-order chi connectivity index (χ0) is 18.5. The van der Waals surface area contributed by atoms with Crippen LogP contribution in [-0.4, -0.2) is 41.1 Å². The molecule has 26 heavy (non-hydrogen) atoms. The third-order valence-electron chi connectivity index (χ3n) is 4.70. The molecule has 1 amide bonds. The van der Waals surface area contributed by atoms with Gasteiger partial charge in [0.15, 0.2) is 6.10 Å². The number of carboxylic acid groups (broad SMARTS) is 1. The summed E-state index contributed by atoms with van der Waals surface area (Å²) in [4.78, 5) is 25.3. The minimum atomic E-state index is -0.840. The Bertz CT molecular complexity index is 757. The van der Waals surface area contributed by atoms with Gasteiger partial charge in [-0.15, -0.1) is 0 Å². The van der Waals surface area contributed by atoms with E-state index in [-0.39, 0.29) is 12.5 Å². The van der Waals surface area contributed by atoms with E-state index < -0.39 is 18.0 Å². The van der Waals surface area contributed by atoms with E-state index in [9.17, 15) is 9.59 Å². The SMILES string of the molecule is CC(Oc1ccc(-c2ccccc2)cc1)C(=O)N1CCC[C@H](C(=O)O)C1. The number of likely N-dealkylation sites (tertiary alicyclic amines) is 1. The molecule has 5 heteroatoms. The van der Waals surface area contributed by atoms with Gasteiger partial charge in [0.2, 0.25) is 0 Å². The first-order chi connectivity index (χ1) is 12.5. The van der Waals surface area contributed by atoms with Crippen molar-refractivity contribution in [3.63, 3.8) is 0 Å². The number of rotatable bonds is 5. The third kappa shape index (κ3) is 4.23. The first-order valence-corrected chi connectivity index (χ1v) is 8.88. The number of piperidine rings is 1. The van der Waals surface area contributed by atoms with Crippen molar-refractivity contribution in [3.05, 3.63) is 54.6 Å². The number of carboxylic acids is 1. The van der Waals surface area contributed by atoms with Crippen LogP contribution in [0.4, 0.5) is 0 Å². The van der Waals surface area contributed by atoms with E-state index in [4.69, 9.17) is 9.84 Å². The number of hydrogen-bond acceptors (Lipinski definition) is 3. The van der Waals surface area contributed by atoms with E-state index in [2.05, 4.69) is 0 Å².